The molecule has 5 heteroatoms. The van der Waals surface area contributed by atoms with Crippen molar-refractivity contribution in [2.24, 2.45) is 0 Å². The van der Waals surface area contributed by atoms with Crippen LogP contribution in [0.25, 0.3) is 0 Å². The van der Waals surface area contributed by atoms with Crippen LogP contribution in [0.4, 0.5) is 0 Å². The molecule has 0 atom stereocenters. The van der Waals surface area contributed by atoms with E-state index in [1.807, 2.05) is 0 Å². The highest BCUT2D eigenvalue weighted by Crippen LogP contribution is 0.846. The van der Waals surface area contributed by atoms with Crippen molar-refractivity contribution in [2.45, 2.75) is 0 Å². The Kier molecular flexibility index (Phi) is 784. The molecule has 0 aliphatic heterocycles. The minimum absolute atomic E-state index is 0. The minimum Gasteiger partial charge on any atom is -0.147 e. The van der Waals surface area contributed by atoms with Crippen LogP contribution < -0.4 is 0 Å². The highest BCUT2D eigenvalue weighted by Gasteiger charge is -0.0148. The Hall–Kier alpha value is 1.57. The largest absolute Gasteiger partial charge is 0.147 e. The van der Waals surface area contributed by atoms with Gasteiger partial charge in [0.1, 0.15) is 0 Å². The minimum atomic E-state index is 0. The summed E-state index contributed by atoms with van der Waals surface area (Å²) in [5.41, 5.74) is 0. The van der Waals surface area contributed by atoms with Crippen molar-refractivity contribution in [3.63, 3.8) is 0 Å². The molecule has 5 heavy (non-hydrogen) atoms. The van der Waals surface area contributed by atoms with E-state index in [4.69, 9.17) is 0 Å². The molecule has 0 fully saturated rings. The molecule has 0 aromatic rings. The predicted octanol–water partition coefficient (Wildman–Crippen LogP) is 0.392. The molecule has 0 unspecified atom stereocenters. The third kappa shape index (κ3) is 28.8. The molecule has 0 aromatic heterocycles. The lowest BCUT2D eigenvalue weighted by molar-refractivity contribution is 5.75. The van der Waals surface area contributed by atoms with E-state index in [1.54, 1.807) is 0 Å². The summed E-state index contributed by atoms with van der Waals surface area (Å²) < 4.78 is 0. The van der Waals surface area contributed by atoms with Gasteiger partial charge in [-0.2, -0.15) is 0 Å². The zero-order chi connectivity index (χ0) is 0. The maximum absolute atomic E-state index is 0. The second-order valence-corrected chi connectivity index (χ2v) is 0. The SMILES string of the molecule is Br.Cl.Cl.Cl.[SiH4]. The number of hydrogen-bond acceptors (Lipinski definition) is 0. The molecule has 0 nitrogen and oxygen atoms in total. The van der Waals surface area contributed by atoms with Gasteiger partial charge in [-0.05, 0) is 11.0 Å². The average Bonchev–Trinajstić information content (AvgIpc) is 0. The summed E-state index contributed by atoms with van der Waals surface area (Å²) in [4.78, 5) is 0. The highest BCUT2D eigenvalue weighted by molar-refractivity contribution is 8.93. The molecule has 0 saturated heterocycles. The summed E-state index contributed by atoms with van der Waals surface area (Å²) in [5, 5.41) is 0. The van der Waals surface area contributed by atoms with Gasteiger partial charge < -0.3 is 0 Å². The fraction of sp³-hybridized carbons (Fsp3) is 0. The Morgan fingerprint density at radius 1 is 0.600 bits per heavy atom. The normalized spacial score (nSPS) is 0. The maximum Gasteiger partial charge on any atom is -0.0149 e. The van der Waals surface area contributed by atoms with Gasteiger partial charge >= 0.3 is 0 Å². The Morgan fingerprint density at radius 3 is 0.600 bits per heavy atom. The van der Waals surface area contributed by atoms with Gasteiger partial charge in [0.05, 0.1) is 0 Å². The van der Waals surface area contributed by atoms with Crippen molar-refractivity contribution in [3.8, 4) is 0 Å². The van der Waals surface area contributed by atoms with Gasteiger partial charge in [-0.3, -0.25) is 0 Å². The summed E-state index contributed by atoms with van der Waals surface area (Å²) in [7, 11) is 0. The van der Waals surface area contributed by atoms with Crippen molar-refractivity contribution in [1.29, 1.82) is 0 Å². The van der Waals surface area contributed by atoms with E-state index in [0.717, 1.165) is 0 Å². The van der Waals surface area contributed by atoms with Gasteiger partial charge in [0, 0.05) is 0 Å². The van der Waals surface area contributed by atoms with Gasteiger partial charge in [-0.25, -0.2) is 0 Å². The molecule has 0 amide bonds. The Bertz CT molecular complexity index is 6.85. The van der Waals surface area contributed by atoms with Crippen molar-refractivity contribution in [3.05, 3.63) is 0 Å². The molecule has 0 aliphatic carbocycles. The van der Waals surface area contributed by atoms with Crippen LogP contribution in [0.3, 0.4) is 0 Å². The number of halogens is 4. The molecule has 0 radical (unpaired) electrons. The van der Waals surface area contributed by atoms with Gasteiger partial charge in [-0.1, -0.05) is 0 Å². The van der Waals surface area contributed by atoms with Crippen LogP contribution in [-0.2, 0) is 0 Å². The van der Waals surface area contributed by atoms with Crippen LogP contribution in [0, 0.1) is 0 Å². The van der Waals surface area contributed by atoms with E-state index in [2.05, 4.69) is 0 Å². The lowest BCUT2D eigenvalue weighted by Crippen LogP contribution is -0.381. The van der Waals surface area contributed by atoms with Crippen molar-refractivity contribution in [1.82, 2.24) is 0 Å². The zero-order valence-corrected chi connectivity index (χ0v) is 5.80. The van der Waals surface area contributed by atoms with Crippen LogP contribution >= 0.6 is 54.2 Å². The zero-order valence-electron chi connectivity index (χ0n) is 1.63. The molecule has 0 saturated carbocycles. The standard InChI is InChI=1S/BrH.3ClH.H4Si/h4*1H;1H4. The van der Waals surface area contributed by atoms with E-state index in [9.17, 15) is 0 Å². The molecule has 0 heterocycles. The molecular formula is H8BrCl3Si. The molecular weight excluding hydrogens is 214 g/mol. The summed E-state index contributed by atoms with van der Waals surface area (Å²) in [6.07, 6.45) is 0. The lowest BCUT2D eigenvalue weighted by atomic mass is 28.1. The molecule has 0 bridgehead atoms. The molecule has 0 aromatic carbocycles. The second kappa shape index (κ2) is 47.3. The summed E-state index contributed by atoms with van der Waals surface area (Å²) in [5.74, 6) is 0. The smallest absolute Gasteiger partial charge is 0.0149 e. The summed E-state index contributed by atoms with van der Waals surface area (Å²) in [6.45, 7) is 0. The quantitative estimate of drug-likeness (QED) is 0.520. The van der Waals surface area contributed by atoms with Crippen LogP contribution in [0.15, 0.2) is 0 Å². The second-order valence-electron chi connectivity index (χ2n) is 0. The first kappa shape index (κ1) is 82.9. The van der Waals surface area contributed by atoms with Crippen molar-refractivity contribution >= 4 is 65.2 Å². The van der Waals surface area contributed by atoms with Crippen molar-refractivity contribution in [2.75, 3.05) is 0 Å². The summed E-state index contributed by atoms with van der Waals surface area (Å²) in [6, 6.07) is 0. The first-order valence-corrected chi connectivity index (χ1v) is 0. The van der Waals surface area contributed by atoms with Crippen LogP contribution in [-0.4, -0.2) is 11.0 Å². The molecule has 40 valence electrons. The third-order valence-corrected chi connectivity index (χ3v) is 0. The number of hydrogen-bond donors (Lipinski definition) is 0. The van der Waals surface area contributed by atoms with Gasteiger partial charge in [0.2, 0.25) is 0 Å². The first-order chi connectivity index (χ1) is 0. The van der Waals surface area contributed by atoms with Gasteiger partial charge in [0.15, 0.2) is 0 Å². The fourth-order valence-electron chi connectivity index (χ4n) is 0. The van der Waals surface area contributed by atoms with E-state index in [0.29, 0.717) is 0 Å². The Labute approximate surface area is 65.1 Å². The number of rotatable bonds is 0. The molecule has 0 spiro atoms. The molecule has 0 rings (SSSR count). The van der Waals surface area contributed by atoms with E-state index in [-0.39, 0.29) is 65.2 Å². The van der Waals surface area contributed by atoms with Crippen LogP contribution in [0.1, 0.15) is 0 Å². The van der Waals surface area contributed by atoms with Crippen molar-refractivity contribution < 1.29 is 0 Å². The average molecular weight is 222 g/mol. The highest BCUT2D eigenvalue weighted by atomic mass is 79.9. The topological polar surface area (TPSA) is 0 Å². The monoisotopic (exact) mass is 220 g/mol. The fourth-order valence-corrected chi connectivity index (χ4v) is 0. The van der Waals surface area contributed by atoms with E-state index >= 15 is 0 Å². The lowest BCUT2D eigenvalue weighted by Gasteiger charge is -0.148. The van der Waals surface area contributed by atoms with Crippen LogP contribution in [0.2, 0.25) is 0 Å². The Morgan fingerprint density at radius 2 is 0.600 bits per heavy atom. The Balaban J connectivity index is 0. The van der Waals surface area contributed by atoms with E-state index < -0.39 is 0 Å². The predicted molar refractivity (Wildman–Crippen MR) is 43.4 cm³/mol. The maximum atomic E-state index is 0. The summed E-state index contributed by atoms with van der Waals surface area (Å²) >= 11 is 0. The van der Waals surface area contributed by atoms with E-state index in [1.165, 1.54) is 0 Å². The first-order valence-electron chi connectivity index (χ1n) is 0. The van der Waals surface area contributed by atoms with Gasteiger partial charge in [0.25, 0.3) is 0 Å². The molecule has 0 aliphatic rings. The van der Waals surface area contributed by atoms with Crippen LogP contribution in [0.5, 0.6) is 0 Å². The van der Waals surface area contributed by atoms with Gasteiger partial charge in [-0.15, -0.1) is 54.2 Å². The third-order valence-electron chi connectivity index (χ3n) is 0. The molecule has 0 N–H and O–H groups in total.